The lowest BCUT2D eigenvalue weighted by molar-refractivity contribution is -0.141. The number of benzene rings is 1. The molecular formula is C13H8F5NO. The van der Waals surface area contributed by atoms with E-state index in [1.165, 1.54) is 18.2 Å². The molecule has 0 unspecified atom stereocenters. The molecule has 0 atom stereocenters. The second-order valence-electron chi connectivity index (χ2n) is 4.04. The van der Waals surface area contributed by atoms with Crippen LogP contribution >= 0.6 is 0 Å². The molecule has 0 spiro atoms. The van der Waals surface area contributed by atoms with Crippen molar-refractivity contribution in [2.75, 3.05) is 0 Å². The molecule has 0 amide bonds. The summed E-state index contributed by atoms with van der Waals surface area (Å²) in [4.78, 5) is 13.3. The molecule has 106 valence electrons. The first-order valence-corrected chi connectivity index (χ1v) is 5.48. The summed E-state index contributed by atoms with van der Waals surface area (Å²) >= 11 is 0. The Labute approximate surface area is 109 Å². The van der Waals surface area contributed by atoms with Crippen LogP contribution in [-0.2, 0) is 6.18 Å². The quantitative estimate of drug-likeness (QED) is 0.833. The molecule has 0 radical (unpaired) electrons. The number of halogens is 5. The van der Waals surface area contributed by atoms with Crippen LogP contribution in [0, 0.1) is 0 Å². The van der Waals surface area contributed by atoms with Crippen LogP contribution in [0.3, 0.4) is 0 Å². The summed E-state index contributed by atoms with van der Waals surface area (Å²) in [6, 6.07) is 6.60. The van der Waals surface area contributed by atoms with Gasteiger partial charge in [-0.1, -0.05) is 18.2 Å². The van der Waals surface area contributed by atoms with Gasteiger partial charge in [0.1, 0.15) is 5.69 Å². The Morgan fingerprint density at radius 3 is 2.30 bits per heavy atom. The number of aromatic nitrogens is 1. The third-order valence-corrected chi connectivity index (χ3v) is 2.66. The maximum atomic E-state index is 12.5. The lowest BCUT2D eigenvalue weighted by Crippen LogP contribution is -2.17. The van der Waals surface area contributed by atoms with E-state index in [9.17, 15) is 26.7 Å². The van der Waals surface area contributed by atoms with Crippen LogP contribution in [-0.4, -0.2) is 4.98 Å². The Morgan fingerprint density at radius 2 is 1.75 bits per heavy atom. The molecule has 7 heteroatoms. The zero-order valence-electron chi connectivity index (χ0n) is 9.84. The van der Waals surface area contributed by atoms with E-state index in [2.05, 4.69) is 0 Å². The van der Waals surface area contributed by atoms with E-state index < -0.39 is 23.9 Å². The van der Waals surface area contributed by atoms with Crippen LogP contribution in [0.1, 0.15) is 17.7 Å². The molecule has 20 heavy (non-hydrogen) atoms. The number of pyridine rings is 1. The SMILES string of the molecule is O=c1[nH]c(C(F)(F)F)ccc1-c1cccc(C(F)F)c1. The van der Waals surface area contributed by atoms with Gasteiger partial charge >= 0.3 is 6.18 Å². The summed E-state index contributed by atoms with van der Waals surface area (Å²) in [6.45, 7) is 0. The normalized spacial score (nSPS) is 11.9. The van der Waals surface area contributed by atoms with Gasteiger partial charge in [-0.15, -0.1) is 0 Å². The number of hydrogen-bond acceptors (Lipinski definition) is 1. The average molecular weight is 289 g/mol. The fourth-order valence-electron chi connectivity index (χ4n) is 1.71. The Balaban J connectivity index is 2.49. The van der Waals surface area contributed by atoms with Crippen LogP contribution in [0.5, 0.6) is 0 Å². The van der Waals surface area contributed by atoms with Crippen molar-refractivity contribution >= 4 is 0 Å². The predicted molar refractivity (Wildman–Crippen MR) is 62.5 cm³/mol. The van der Waals surface area contributed by atoms with E-state index in [-0.39, 0.29) is 16.7 Å². The summed E-state index contributed by atoms with van der Waals surface area (Å²) in [5.41, 5.74) is -2.43. The van der Waals surface area contributed by atoms with Gasteiger partial charge in [-0.25, -0.2) is 8.78 Å². The van der Waals surface area contributed by atoms with Gasteiger partial charge in [0, 0.05) is 11.1 Å². The minimum atomic E-state index is -4.66. The third-order valence-electron chi connectivity index (χ3n) is 2.66. The summed E-state index contributed by atoms with van der Waals surface area (Å²) in [5.74, 6) is 0. The molecule has 0 saturated carbocycles. The summed E-state index contributed by atoms with van der Waals surface area (Å²) < 4.78 is 62.3. The van der Waals surface area contributed by atoms with E-state index in [4.69, 9.17) is 0 Å². The van der Waals surface area contributed by atoms with Crippen molar-refractivity contribution in [3.8, 4) is 11.1 Å². The third kappa shape index (κ3) is 2.87. The Kier molecular flexibility index (Phi) is 3.61. The Hall–Kier alpha value is -2.18. The van der Waals surface area contributed by atoms with Gasteiger partial charge in [0.15, 0.2) is 0 Å². The maximum Gasteiger partial charge on any atom is 0.431 e. The molecule has 2 aromatic rings. The molecule has 0 aliphatic heterocycles. The largest absolute Gasteiger partial charge is 0.431 e. The summed E-state index contributed by atoms with van der Waals surface area (Å²) in [7, 11) is 0. The number of rotatable bonds is 2. The lowest BCUT2D eigenvalue weighted by atomic mass is 10.0. The van der Waals surface area contributed by atoms with E-state index in [0.29, 0.717) is 6.07 Å². The summed E-state index contributed by atoms with van der Waals surface area (Å²) in [5, 5.41) is 0. The fourth-order valence-corrected chi connectivity index (χ4v) is 1.71. The number of alkyl halides is 5. The zero-order chi connectivity index (χ0) is 14.9. The highest BCUT2D eigenvalue weighted by Gasteiger charge is 2.31. The second-order valence-corrected chi connectivity index (χ2v) is 4.04. The predicted octanol–water partition coefficient (Wildman–Crippen LogP) is 4.00. The zero-order valence-corrected chi connectivity index (χ0v) is 9.84. The number of H-pyrrole nitrogens is 1. The van der Waals surface area contributed by atoms with Gasteiger partial charge in [-0.2, -0.15) is 13.2 Å². The minimum Gasteiger partial charge on any atom is -0.318 e. The molecule has 1 N–H and O–H groups in total. The first kappa shape index (κ1) is 14.2. The standard InChI is InChI=1S/C13H8F5NO/c14-11(15)8-3-1-2-7(6-8)9-4-5-10(13(16,17)18)19-12(9)20/h1-6,11H,(H,19,20). The van der Waals surface area contributed by atoms with Crippen LogP contribution in [0.15, 0.2) is 41.2 Å². The molecule has 2 nitrogen and oxygen atoms in total. The number of hydrogen-bond donors (Lipinski definition) is 1. The topological polar surface area (TPSA) is 32.9 Å². The van der Waals surface area contributed by atoms with Gasteiger partial charge in [0.2, 0.25) is 0 Å². The van der Waals surface area contributed by atoms with Crippen molar-refractivity contribution in [1.29, 1.82) is 0 Å². The monoisotopic (exact) mass is 289 g/mol. The highest BCUT2D eigenvalue weighted by Crippen LogP contribution is 2.28. The summed E-state index contributed by atoms with van der Waals surface area (Å²) in [6.07, 6.45) is -7.38. The van der Waals surface area contributed by atoms with Gasteiger partial charge in [0.25, 0.3) is 12.0 Å². The van der Waals surface area contributed by atoms with Crippen LogP contribution < -0.4 is 5.56 Å². The molecule has 1 heterocycles. The first-order valence-electron chi connectivity index (χ1n) is 5.48. The highest BCUT2D eigenvalue weighted by molar-refractivity contribution is 5.63. The molecule has 0 bridgehead atoms. The van der Waals surface area contributed by atoms with Crippen LogP contribution in [0.25, 0.3) is 11.1 Å². The maximum absolute atomic E-state index is 12.5. The highest BCUT2D eigenvalue weighted by atomic mass is 19.4. The van der Waals surface area contributed by atoms with Gasteiger partial charge in [-0.05, 0) is 23.8 Å². The molecule has 0 aliphatic rings. The van der Waals surface area contributed by atoms with Gasteiger partial charge in [0.05, 0.1) is 0 Å². The second kappa shape index (κ2) is 5.07. The van der Waals surface area contributed by atoms with Crippen molar-refractivity contribution in [3.63, 3.8) is 0 Å². The lowest BCUT2D eigenvalue weighted by Gasteiger charge is -2.08. The van der Waals surface area contributed by atoms with Crippen molar-refractivity contribution in [3.05, 3.63) is 58.0 Å². The molecule has 1 aromatic carbocycles. The van der Waals surface area contributed by atoms with Crippen LogP contribution in [0.2, 0.25) is 0 Å². The molecular weight excluding hydrogens is 281 g/mol. The number of nitrogens with one attached hydrogen (secondary N) is 1. The molecule has 0 saturated heterocycles. The van der Waals surface area contributed by atoms with Gasteiger partial charge in [-0.3, -0.25) is 4.79 Å². The minimum absolute atomic E-state index is 0.0968. The molecule has 1 aromatic heterocycles. The van der Waals surface area contributed by atoms with Crippen molar-refractivity contribution in [2.45, 2.75) is 12.6 Å². The molecule has 0 fully saturated rings. The molecule has 0 aliphatic carbocycles. The fraction of sp³-hybridized carbons (Fsp3) is 0.154. The van der Waals surface area contributed by atoms with Crippen molar-refractivity contribution in [1.82, 2.24) is 4.98 Å². The van der Waals surface area contributed by atoms with Gasteiger partial charge < -0.3 is 4.98 Å². The van der Waals surface area contributed by atoms with E-state index >= 15 is 0 Å². The van der Waals surface area contributed by atoms with Crippen LogP contribution in [0.4, 0.5) is 22.0 Å². The smallest absolute Gasteiger partial charge is 0.318 e. The van der Waals surface area contributed by atoms with E-state index in [1.807, 2.05) is 0 Å². The first-order chi connectivity index (χ1) is 9.29. The van der Waals surface area contributed by atoms with Crippen molar-refractivity contribution in [2.24, 2.45) is 0 Å². The van der Waals surface area contributed by atoms with Crippen molar-refractivity contribution < 1.29 is 22.0 Å². The Morgan fingerprint density at radius 1 is 1.05 bits per heavy atom. The Bertz CT molecular complexity index is 675. The van der Waals surface area contributed by atoms with E-state index in [0.717, 1.165) is 12.1 Å². The van der Waals surface area contributed by atoms with E-state index in [1.54, 1.807) is 4.98 Å². The average Bonchev–Trinajstić information content (AvgIpc) is 2.37. The number of aromatic amines is 1. The molecule has 2 rings (SSSR count).